The number of fused-ring (bicyclic) bond motifs is 1. The fraction of sp³-hybridized carbons (Fsp3) is 0.318. The standard InChI is InChI=1S/C22H23NO3/c24-18-10-11-20-22(17(18)15-23-12-6-1-2-7-13-23)19(25)14-21(26-20)16-8-4-3-5-9-16/h3-5,8-11,14,24H,1-2,6-7,12-13,15H2. The Bertz CT molecular complexity index is 954. The average molecular weight is 349 g/mol. The van der Waals surface area contributed by atoms with Crippen LogP contribution in [0, 0.1) is 0 Å². The van der Waals surface area contributed by atoms with Crippen LogP contribution in [-0.2, 0) is 6.54 Å². The smallest absolute Gasteiger partial charge is 0.193 e. The summed E-state index contributed by atoms with van der Waals surface area (Å²) >= 11 is 0. The monoisotopic (exact) mass is 349 g/mol. The first-order chi connectivity index (χ1) is 12.7. The Kier molecular flexibility index (Phi) is 4.76. The fourth-order valence-electron chi connectivity index (χ4n) is 3.73. The van der Waals surface area contributed by atoms with Crippen LogP contribution in [0.2, 0.25) is 0 Å². The normalized spacial score (nSPS) is 15.8. The van der Waals surface area contributed by atoms with Crippen LogP contribution in [0.1, 0.15) is 31.2 Å². The summed E-state index contributed by atoms with van der Waals surface area (Å²) in [5.74, 6) is 0.719. The van der Waals surface area contributed by atoms with Crippen molar-refractivity contribution >= 4 is 11.0 Å². The first-order valence-electron chi connectivity index (χ1n) is 9.29. The van der Waals surface area contributed by atoms with Crippen molar-refractivity contribution in [2.45, 2.75) is 32.2 Å². The predicted octanol–water partition coefficient (Wildman–Crippen LogP) is 4.54. The third-order valence-electron chi connectivity index (χ3n) is 5.12. The molecule has 0 saturated carbocycles. The fourth-order valence-corrected chi connectivity index (χ4v) is 3.73. The molecule has 3 aromatic rings. The maximum atomic E-state index is 12.9. The van der Waals surface area contributed by atoms with Crippen molar-refractivity contribution in [3.8, 4) is 17.1 Å². The minimum Gasteiger partial charge on any atom is -0.508 e. The highest BCUT2D eigenvalue weighted by Crippen LogP contribution is 2.30. The third kappa shape index (κ3) is 3.37. The van der Waals surface area contributed by atoms with Gasteiger partial charge in [0, 0.05) is 23.7 Å². The Labute approximate surface area is 152 Å². The zero-order chi connectivity index (χ0) is 17.9. The molecule has 1 aliphatic rings. The summed E-state index contributed by atoms with van der Waals surface area (Å²) in [4.78, 5) is 15.2. The Hall–Kier alpha value is -2.59. The quantitative estimate of drug-likeness (QED) is 0.754. The van der Waals surface area contributed by atoms with Crippen molar-refractivity contribution in [3.05, 3.63) is 64.3 Å². The number of phenolic OH excluding ortho intramolecular Hbond substituents is 1. The van der Waals surface area contributed by atoms with E-state index in [0.717, 1.165) is 31.5 Å². The molecule has 1 saturated heterocycles. The summed E-state index contributed by atoms with van der Waals surface area (Å²) in [6.07, 6.45) is 4.83. The average Bonchev–Trinajstić information content (AvgIpc) is 2.93. The third-order valence-corrected chi connectivity index (χ3v) is 5.12. The van der Waals surface area contributed by atoms with E-state index in [1.165, 1.54) is 18.9 Å². The number of benzene rings is 2. The molecule has 1 aliphatic heterocycles. The van der Waals surface area contributed by atoms with Crippen molar-refractivity contribution in [1.82, 2.24) is 4.90 Å². The van der Waals surface area contributed by atoms with Gasteiger partial charge in [-0.05, 0) is 38.1 Å². The molecule has 2 heterocycles. The summed E-state index contributed by atoms with van der Waals surface area (Å²) in [6.45, 7) is 2.59. The molecule has 2 aromatic carbocycles. The van der Waals surface area contributed by atoms with Gasteiger partial charge in [0.25, 0.3) is 0 Å². The van der Waals surface area contributed by atoms with Gasteiger partial charge in [-0.2, -0.15) is 0 Å². The second-order valence-electron chi connectivity index (χ2n) is 6.97. The van der Waals surface area contributed by atoms with E-state index in [1.807, 2.05) is 30.3 Å². The van der Waals surface area contributed by atoms with Crippen LogP contribution in [-0.4, -0.2) is 23.1 Å². The van der Waals surface area contributed by atoms with E-state index < -0.39 is 0 Å². The van der Waals surface area contributed by atoms with Crippen LogP contribution in [0.3, 0.4) is 0 Å². The highest BCUT2D eigenvalue weighted by molar-refractivity contribution is 5.84. The van der Waals surface area contributed by atoms with E-state index in [9.17, 15) is 9.90 Å². The molecule has 0 radical (unpaired) electrons. The molecule has 0 amide bonds. The predicted molar refractivity (Wildman–Crippen MR) is 103 cm³/mol. The summed E-state index contributed by atoms with van der Waals surface area (Å²) in [5, 5.41) is 10.9. The Morgan fingerprint density at radius 3 is 2.42 bits per heavy atom. The summed E-state index contributed by atoms with van der Waals surface area (Å²) in [6, 6.07) is 14.5. The van der Waals surface area contributed by atoms with Crippen molar-refractivity contribution in [2.24, 2.45) is 0 Å². The Morgan fingerprint density at radius 2 is 1.69 bits per heavy atom. The van der Waals surface area contributed by atoms with E-state index in [1.54, 1.807) is 12.1 Å². The maximum absolute atomic E-state index is 12.9. The molecule has 0 spiro atoms. The number of aromatic hydroxyl groups is 1. The van der Waals surface area contributed by atoms with Gasteiger partial charge >= 0.3 is 0 Å². The first kappa shape index (κ1) is 16.9. The van der Waals surface area contributed by atoms with Crippen LogP contribution in [0.25, 0.3) is 22.3 Å². The number of likely N-dealkylation sites (tertiary alicyclic amines) is 1. The van der Waals surface area contributed by atoms with Crippen LogP contribution in [0.4, 0.5) is 0 Å². The minimum atomic E-state index is -0.106. The molecule has 1 aromatic heterocycles. The lowest BCUT2D eigenvalue weighted by Crippen LogP contribution is -2.24. The van der Waals surface area contributed by atoms with Gasteiger partial charge in [0.05, 0.1) is 5.39 Å². The van der Waals surface area contributed by atoms with Crippen molar-refractivity contribution in [3.63, 3.8) is 0 Å². The largest absolute Gasteiger partial charge is 0.508 e. The van der Waals surface area contributed by atoms with Gasteiger partial charge in [-0.25, -0.2) is 0 Å². The number of hydrogen-bond acceptors (Lipinski definition) is 4. The molecule has 0 atom stereocenters. The lowest BCUT2D eigenvalue weighted by molar-refractivity contribution is 0.274. The molecule has 4 rings (SSSR count). The molecule has 1 N–H and O–H groups in total. The van der Waals surface area contributed by atoms with Gasteiger partial charge in [-0.3, -0.25) is 9.69 Å². The topological polar surface area (TPSA) is 53.7 Å². The molecule has 0 unspecified atom stereocenters. The molecule has 1 fully saturated rings. The molecule has 0 aliphatic carbocycles. The zero-order valence-corrected chi connectivity index (χ0v) is 14.8. The first-order valence-corrected chi connectivity index (χ1v) is 9.29. The summed E-state index contributed by atoms with van der Waals surface area (Å²) in [7, 11) is 0. The number of phenols is 1. The van der Waals surface area contributed by atoms with Gasteiger partial charge in [-0.15, -0.1) is 0 Å². The highest BCUT2D eigenvalue weighted by atomic mass is 16.3. The van der Waals surface area contributed by atoms with Gasteiger partial charge in [-0.1, -0.05) is 43.2 Å². The van der Waals surface area contributed by atoms with Gasteiger partial charge < -0.3 is 9.52 Å². The lowest BCUT2D eigenvalue weighted by Gasteiger charge is -2.21. The van der Waals surface area contributed by atoms with E-state index in [0.29, 0.717) is 28.8 Å². The van der Waals surface area contributed by atoms with Gasteiger partial charge in [0.15, 0.2) is 5.43 Å². The lowest BCUT2D eigenvalue weighted by atomic mass is 10.1. The molecular formula is C22H23NO3. The van der Waals surface area contributed by atoms with E-state index in [4.69, 9.17) is 4.42 Å². The Balaban J connectivity index is 1.78. The van der Waals surface area contributed by atoms with Gasteiger partial charge in [0.2, 0.25) is 0 Å². The second-order valence-corrected chi connectivity index (χ2v) is 6.97. The van der Waals surface area contributed by atoms with Crippen LogP contribution in [0.5, 0.6) is 5.75 Å². The summed E-state index contributed by atoms with van der Waals surface area (Å²) in [5.41, 5.74) is 1.97. The number of rotatable bonds is 3. The maximum Gasteiger partial charge on any atom is 0.193 e. The summed E-state index contributed by atoms with van der Waals surface area (Å²) < 4.78 is 6.01. The van der Waals surface area contributed by atoms with E-state index in [-0.39, 0.29) is 11.2 Å². The van der Waals surface area contributed by atoms with E-state index in [2.05, 4.69) is 4.90 Å². The van der Waals surface area contributed by atoms with Crippen molar-refractivity contribution in [1.29, 1.82) is 0 Å². The van der Waals surface area contributed by atoms with Crippen molar-refractivity contribution in [2.75, 3.05) is 13.1 Å². The van der Waals surface area contributed by atoms with Crippen LogP contribution >= 0.6 is 0 Å². The SMILES string of the molecule is O=c1cc(-c2ccccc2)oc2ccc(O)c(CN3CCCCCC3)c12. The Morgan fingerprint density at radius 1 is 0.962 bits per heavy atom. The zero-order valence-electron chi connectivity index (χ0n) is 14.8. The van der Waals surface area contributed by atoms with Gasteiger partial charge in [0.1, 0.15) is 17.1 Å². The minimum absolute atomic E-state index is 0.106. The molecule has 4 heteroatoms. The van der Waals surface area contributed by atoms with E-state index >= 15 is 0 Å². The molecule has 134 valence electrons. The molecule has 26 heavy (non-hydrogen) atoms. The number of nitrogens with zero attached hydrogens (tertiary/aromatic N) is 1. The van der Waals surface area contributed by atoms with Crippen LogP contribution < -0.4 is 5.43 Å². The van der Waals surface area contributed by atoms with Crippen LogP contribution in [0.15, 0.2) is 57.7 Å². The highest BCUT2D eigenvalue weighted by Gasteiger charge is 2.18. The molecule has 0 bridgehead atoms. The molecular weight excluding hydrogens is 326 g/mol. The van der Waals surface area contributed by atoms with Crippen molar-refractivity contribution < 1.29 is 9.52 Å². The molecule has 4 nitrogen and oxygen atoms in total. The number of hydrogen-bond donors (Lipinski definition) is 1. The second kappa shape index (κ2) is 7.34.